The fourth-order valence-corrected chi connectivity index (χ4v) is 6.02. The van der Waals surface area contributed by atoms with E-state index in [0.717, 1.165) is 55.4 Å². The van der Waals surface area contributed by atoms with Crippen molar-refractivity contribution in [2.75, 3.05) is 0 Å². The lowest BCUT2D eigenvalue weighted by Gasteiger charge is -2.20. The molecule has 0 aliphatic heterocycles. The quantitative estimate of drug-likeness (QED) is 0.195. The summed E-state index contributed by atoms with van der Waals surface area (Å²) in [6, 6.07) is 31.3. The van der Waals surface area contributed by atoms with E-state index in [2.05, 4.69) is 94.4 Å². The minimum absolute atomic E-state index is 0.0578. The minimum Gasteiger partial charge on any atom is -0.454 e. The Labute approximate surface area is 264 Å². The van der Waals surface area contributed by atoms with Gasteiger partial charge in [0.2, 0.25) is 5.69 Å². The van der Waals surface area contributed by atoms with Crippen LogP contribution in [0, 0.1) is 23.7 Å². The highest BCUT2D eigenvalue weighted by Crippen LogP contribution is 2.42. The Morgan fingerprint density at radius 2 is 1.43 bits per heavy atom. The van der Waals surface area contributed by atoms with E-state index in [0.29, 0.717) is 16.7 Å². The Balaban J connectivity index is 1.54. The molecule has 220 valence electrons. The summed E-state index contributed by atoms with van der Waals surface area (Å²) in [5.74, 6) is 0. The number of nitriles is 1. The van der Waals surface area contributed by atoms with Gasteiger partial charge in [-0.15, -0.1) is 0 Å². The van der Waals surface area contributed by atoms with Gasteiger partial charge in [0, 0.05) is 31.2 Å². The van der Waals surface area contributed by atoms with E-state index in [9.17, 15) is 5.26 Å². The van der Waals surface area contributed by atoms with Crippen LogP contribution in [0.2, 0.25) is 0 Å². The zero-order valence-corrected chi connectivity index (χ0v) is 27.0. The minimum atomic E-state index is -1.54. The van der Waals surface area contributed by atoms with E-state index in [4.69, 9.17) is 7.16 Å². The second-order valence-corrected chi connectivity index (χ2v) is 13.9. The topological polar surface area (TPSA) is 40.8 Å². The molecular weight excluding hydrogens is 536 g/mol. The van der Waals surface area contributed by atoms with Gasteiger partial charge in [-0.3, -0.25) is 0 Å². The third kappa shape index (κ3) is 5.42. The van der Waals surface area contributed by atoms with Crippen LogP contribution in [0.5, 0.6) is 0 Å². The Hall–Kier alpha value is -4.68. The first-order valence-corrected chi connectivity index (χ1v) is 15.2. The number of hydrogen-bond donors (Lipinski definition) is 0. The van der Waals surface area contributed by atoms with Gasteiger partial charge in [0.05, 0.1) is 17.2 Å². The van der Waals surface area contributed by atoms with Crippen molar-refractivity contribution in [3.05, 3.63) is 113 Å². The summed E-state index contributed by atoms with van der Waals surface area (Å²) in [6.45, 7) is 14.5. The molecule has 3 nitrogen and oxygen atoms in total. The van der Waals surface area contributed by atoms with Crippen molar-refractivity contribution in [2.24, 2.45) is 12.5 Å². The molecule has 3 heteroatoms. The summed E-state index contributed by atoms with van der Waals surface area (Å²) in [5.41, 5.74) is 10.1. The Bertz CT molecular complexity index is 2170. The first kappa shape index (κ1) is 26.9. The van der Waals surface area contributed by atoms with Crippen molar-refractivity contribution >= 4 is 21.9 Å². The molecule has 0 spiro atoms. The molecule has 0 N–H and O–H groups in total. The van der Waals surface area contributed by atoms with E-state index >= 15 is 0 Å². The summed E-state index contributed by atoms with van der Waals surface area (Å²) in [5, 5.41) is 12.1. The van der Waals surface area contributed by atoms with Crippen LogP contribution in [0.3, 0.4) is 0 Å². The van der Waals surface area contributed by atoms with Gasteiger partial charge in [0.15, 0.2) is 6.20 Å². The molecule has 0 saturated carbocycles. The van der Waals surface area contributed by atoms with E-state index in [1.807, 2.05) is 62.8 Å². The van der Waals surface area contributed by atoms with Crippen molar-refractivity contribution in [2.45, 2.75) is 60.3 Å². The van der Waals surface area contributed by atoms with Crippen molar-refractivity contribution in [1.82, 2.24) is 0 Å². The molecule has 0 unspecified atom stereocenters. The van der Waals surface area contributed by atoms with E-state index in [1.54, 1.807) is 0 Å². The number of furan rings is 1. The smallest absolute Gasteiger partial charge is 0.216 e. The van der Waals surface area contributed by atoms with Crippen LogP contribution in [-0.2, 0) is 18.8 Å². The van der Waals surface area contributed by atoms with Gasteiger partial charge in [0.1, 0.15) is 18.2 Å². The average molecular weight is 580 g/mol. The Morgan fingerprint density at radius 3 is 2.09 bits per heavy atom. The average Bonchev–Trinajstić information content (AvgIpc) is 3.38. The number of benzene rings is 4. The monoisotopic (exact) mass is 579 g/mol. The van der Waals surface area contributed by atoms with Crippen molar-refractivity contribution in [3.8, 4) is 39.6 Å². The van der Waals surface area contributed by atoms with E-state index in [-0.39, 0.29) is 5.41 Å². The van der Waals surface area contributed by atoms with Gasteiger partial charge < -0.3 is 4.42 Å². The molecule has 6 rings (SSSR count). The number of hydrogen-bond acceptors (Lipinski definition) is 2. The summed E-state index contributed by atoms with van der Waals surface area (Å²) in [7, 11) is 1.98. The first-order chi connectivity index (χ1) is 21.6. The first-order valence-electron chi connectivity index (χ1n) is 16.2. The molecule has 6 aromatic rings. The van der Waals surface area contributed by atoms with Gasteiger partial charge in [-0.1, -0.05) is 102 Å². The van der Waals surface area contributed by atoms with Crippen LogP contribution in [0.4, 0.5) is 0 Å². The number of nitrogens with zero attached hydrogens (tertiary/aromatic N) is 2. The number of fused-ring (bicyclic) bond motifs is 3. The number of pyridine rings is 1. The molecule has 2 heterocycles. The predicted octanol–water partition coefficient (Wildman–Crippen LogP) is 10.5. The fourth-order valence-electron chi connectivity index (χ4n) is 6.02. The van der Waals surface area contributed by atoms with Crippen LogP contribution in [0.1, 0.15) is 66.5 Å². The largest absolute Gasteiger partial charge is 0.454 e. The number of rotatable bonds is 4. The molecule has 4 aromatic carbocycles. The molecule has 2 aromatic heterocycles. The SMILES string of the molecule is [2H]C([2H])(c1cc[n+](C)c(-c2c(C)ccc3c2oc2c(-c4ccc(-c5cccc(C(C)(C)C)c5)cc4)c(C#N)ccc23)c1)C(C)(C)C. The highest BCUT2D eigenvalue weighted by atomic mass is 16.3. The fraction of sp³-hybridized carbons (Fsp3) is 0.268. The molecule has 0 aliphatic carbocycles. The normalized spacial score (nSPS) is 13.2. The molecule has 0 fully saturated rings. The summed E-state index contributed by atoms with van der Waals surface area (Å²) < 4.78 is 26.7. The Morgan fingerprint density at radius 1 is 0.773 bits per heavy atom. The lowest BCUT2D eigenvalue weighted by Crippen LogP contribution is -2.31. The number of aryl methyl sites for hydroxylation is 2. The summed E-state index contributed by atoms with van der Waals surface area (Å²) in [6.07, 6.45) is 0.383. The van der Waals surface area contributed by atoms with Crippen molar-refractivity contribution < 1.29 is 11.7 Å². The highest BCUT2D eigenvalue weighted by molar-refractivity contribution is 6.14. The second-order valence-electron chi connectivity index (χ2n) is 13.9. The van der Waals surface area contributed by atoms with Gasteiger partial charge in [-0.2, -0.15) is 5.26 Å². The molecule has 0 aliphatic rings. The Kier molecular flexibility index (Phi) is 6.60. The third-order valence-electron chi connectivity index (χ3n) is 8.30. The molecular formula is C41H41N2O+. The van der Waals surface area contributed by atoms with E-state index < -0.39 is 11.8 Å². The molecule has 0 atom stereocenters. The molecule has 0 amide bonds. The van der Waals surface area contributed by atoms with Crippen LogP contribution in [0.15, 0.2) is 95.5 Å². The lowest BCUT2D eigenvalue weighted by molar-refractivity contribution is -0.660. The highest BCUT2D eigenvalue weighted by Gasteiger charge is 2.24. The van der Waals surface area contributed by atoms with Gasteiger partial charge >= 0.3 is 0 Å². The van der Waals surface area contributed by atoms with Crippen LogP contribution in [-0.4, -0.2) is 0 Å². The molecule has 0 bridgehead atoms. The molecule has 0 saturated heterocycles. The zero-order chi connectivity index (χ0) is 33.2. The maximum atomic E-state index is 10.2. The van der Waals surface area contributed by atoms with Crippen LogP contribution < -0.4 is 4.57 Å². The van der Waals surface area contributed by atoms with Crippen LogP contribution in [0.25, 0.3) is 55.4 Å². The van der Waals surface area contributed by atoms with Gasteiger partial charge in [0.25, 0.3) is 0 Å². The van der Waals surface area contributed by atoms with Crippen molar-refractivity contribution in [1.29, 1.82) is 5.26 Å². The summed E-state index contributed by atoms with van der Waals surface area (Å²) in [4.78, 5) is 0. The van der Waals surface area contributed by atoms with Crippen LogP contribution >= 0.6 is 0 Å². The zero-order valence-electron chi connectivity index (χ0n) is 29.0. The maximum absolute atomic E-state index is 10.2. The summed E-state index contributed by atoms with van der Waals surface area (Å²) >= 11 is 0. The molecule has 44 heavy (non-hydrogen) atoms. The molecule has 0 radical (unpaired) electrons. The second kappa shape index (κ2) is 10.8. The van der Waals surface area contributed by atoms with E-state index in [1.165, 1.54) is 5.56 Å². The van der Waals surface area contributed by atoms with Gasteiger partial charge in [-0.25, -0.2) is 4.57 Å². The number of aromatic nitrogens is 1. The maximum Gasteiger partial charge on any atom is 0.216 e. The van der Waals surface area contributed by atoms with Crippen molar-refractivity contribution in [3.63, 3.8) is 0 Å². The standard InChI is InChI=1S/C41H41N2O/c1-26-12-18-33-34-19-17-31(25-42)37(29-15-13-28(14-16-29)30-10-9-11-32(23-30)41(5,6)7)39(34)44-38(33)36(26)35-22-27(20-21-43(35)8)24-40(2,3)4/h9-23H,24H2,1-8H3/q+1/i24D2. The van der Waals surface area contributed by atoms with Gasteiger partial charge in [-0.05, 0) is 69.6 Å². The lowest BCUT2D eigenvalue weighted by atomic mass is 9.85. The third-order valence-corrected chi connectivity index (χ3v) is 8.30. The predicted molar refractivity (Wildman–Crippen MR) is 183 cm³/mol.